The van der Waals surface area contributed by atoms with Gasteiger partial charge in [0.15, 0.2) is 0 Å². The molecule has 0 aliphatic carbocycles. The number of rotatable bonds is 3. The Labute approximate surface area is 103 Å². The van der Waals surface area contributed by atoms with Gasteiger partial charge in [-0.05, 0) is 56.9 Å². The monoisotopic (exact) mass is 232 g/mol. The van der Waals surface area contributed by atoms with Gasteiger partial charge in [-0.15, -0.1) is 0 Å². The van der Waals surface area contributed by atoms with E-state index >= 15 is 0 Å². The molecule has 0 saturated heterocycles. The molecule has 0 radical (unpaired) electrons. The van der Waals surface area contributed by atoms with Gasteiger partial charge in [-0.25, -0.2) is 4.79 Å². The fourth-order valence-corrected chi connectivity index (χ4v) is 1.82. The van der Waals surface area contributed by atoms with Gasteiger partial charge in [0.1, 0.15) is 6.61 Å². The third-order valence-corrected chi connectivity index (χ3v) is 3.12. The highest BCUT2D eigenvalue weighted by Gasteiger charge is 2.16. The smallest absolute Gasteiger partial charge is 0.338 e. The molecule has 2 heteroatoms. The van der Waals surface area contributed by atoms with Crippen LogP contribution in [0.25, 0.3) is 0 Å². The van der Waals surface area contributed by atoms with Crippen LogP contribution in [0.4, 0.5) is 0 Å². The zero-order valence-corrected chi connectivity index (χ0v) is 11.3. The molecular weight excluding hydrogens is 212 g/mol. The quantitative estimate of drug-likeness (QED) is 0.587. The minimum Gasteiger partial charge on any atom is -0.458 e. The van der Waals surface area contributed by atoms with E-state index in [1.807, 2.05) is 46.8 Å². The lowest BCUT2D eigenvalue weighted by molar-refractivity contribution is 0.0547. The molecule has 0 spiro atoms. The number of ether oxygens (including phenoxy) is 1. The predicted octanol–water partition coefficient (Wildman–Crippen LogP) is 3.65. The number of allylic oxidation sites excluding steroid dienone is 1. The normalized spacial score (nSPS) is 10.9. The third-order valence-electron chi connectivity index (χ3n) is 3.12. The summed E-state index contributed by atoms with van der Waals surface area (Å²) in [6.07, 6.45) is 3.69. The number of esters is 1. The van der Waals surface area contributed by atoms with E-state index in [9.17, 15) is 4.79 Å². The van der Waals surface area contributed by atoms with Gasteiger partial charge < -0.3 is 4.74 Å². The average molecular weight is 232 g/mol. The standard InChI is InChI=1S/C15H20O2/c1-6-7-8-17-15(16)14-12(4)10(2)9-11(3)13(14)5/h6-7,9H,8H2,1-5H3/b7-6+. The van der Waals surface area contributed by atoms with E-state index in [1.165, 1.54) is 0 Å². The number of aryl methyl sites for hydroxylation is 2. The maximum Gasteiger partial charge on any atom is 0.338 e. The summed E-state index contributed by atoms with van der Waals surface area (Å²) in [5.41, 5.74) is 5.00. The van der Waals surface area contributed by atoms with Gasteiger partial charge >= 0.3 is 5.97 Å². The minimum absolute atomic E-state index is 0.232. The van der Waals surface area contributed by atoms with Gasteiger partial charge in [0.2, 0.25) is 0 Å². The van der Waals surface area contributed by atoms with Gasteiger partial charge in [-0.2, -0.15) is 0 Å². The molecule has 1 rings (SSSR count). The molecule has 0 atom stereocenters. The van der Waals surface area contributed by atoms with E-state index in [1.54, 1.807) is 0 Å². The van der Waals surface area contributed by atoms with Crippen LogP contribution in [0.1, 0.15) is 39.5 Å². The molecule has 0 heterocycles. The largest absolute Gasteiger partial charge is 0.458 e. The zero-order chi connectivity index (χ0) is 13.0. The van der Waals surface area contributed by atoms with E-state index in [0.717, 1.165) is 22.3 Å². The minimum atomic E-state index is -0.232. The van der Waals surface area contributed by atoms with E-state index < -0.39 is 0 Å². The maximum atomic E-state index is 12.0. The van der Waals surface area contributed by atoms with Crippen LogP contribution in [0.2, 0.25) is 0 Å². The molecule has 0 fully saturated rings. The summed E-state index contributed by atoms with van der Waals surface area (Å²) in [6.45, 7) is 10.2. The summed E-state index contributed by atoms with van der Waals surface area (Å²) in [5.74, 6) is -0.232. The zero-order valence-electron chi connectivity index (χ0n) is 11.3. The van der Waals surface area contributed by atoms with E-state index in [0.29, 0.717) is 12.2 Å². The van der Waals surface area contributed by atoms with Crippen LogP contribution in [0.15, 0.2) is 18.2 Å². The lowest BCUT2D eigenvalue weighted by Gasteiger charge is -2.13. The van der Waals surface area contributed by atoms with Gasteiger partial charge in [0.05, 0.1) is 5.56 Å². The van der Waals surface area contributed by atoms with Crippen LogP contribution in [-0.2, 0) is 4.74 Å². The Hall–Kier alpha value is -1.57. The van der Waals surface area contributed by atoms with E-state index in [4.69, 9.17) is 4.74 Å². The molecule has 92 valence electrons. The predicted molar refractivity (Wildman–Crippen MR) is 70.5 cm³/mol. The number of carbonyl (C=O) groups is 1. The Bertz CT molecular complexity index is 430. The summed E-state index contributed by atoms with van der Waals surface area (Å²) in [7, 11) is 0. The van der Waals surface area contributed by atoms with Crippen LogP contribution in [0.5, 0.6) is 0 Å². The second kappa shape index (κ2) is 5.67. The van der Waals surface area contributed by atoms with Crippen molar-refractivity contribution in [3.63, 3.8) is 0 Å². The second-order valence-electron chi connectivity index (χ2n) is 4.30. The van der Waals surface area contributed by atoms with Crippen LogP contribution < -0.4 is 0 Å². The second-order valence-corrected chi connectivity index (χ2v) is 4.30. The van der Waals surface area contributed by atoms with E-state index in [2.05, 4.69) is 6.07 Å². The number of benzene rings is 1. The molecule has 17 heavy (non-hydrogen) atoms. The van der Waals surface area contributed by atoms with Crippen LogP contribution in [0, 0.1) is 27.7 Å². The molecule has 0 bridgehead atoms. The van der Waals surface area contributed by atoms with Gasteiger partial charge in [0, 0.05) is 0 Å². The molecule has 1 aromatic carbocycles. The Morgan fingerprint density at radius 1 is 1.18 bits per heavy atom. The molecule has 0 aliphatic heterocycles. The first-order chi connectivity index (χ1) is 7.99. The Kier molecular flexibility index (Phi) is 4.50. The lowest BCUT2D eigenvalue weighted by Crippen LogP contribution is -2.11. The van der Waals surface area contributed by atoms with Crippen molar-refractivity contribution >= 4 is 5.97 Å². The number of hydrogen-bond acceptors (Lipinski definition) is 2. The molecule has 0 unspecified atom stereocenters. The van der Waals surface area contributed by atoms with Crippen molar-refractivity contribution in [1.29, 1.82) is 0 Å². The highest BCUT2D eigenvalue weighted by atomic mass is 16.5. The Morgan fingerprint density at radius 2 is 1.71 bits per heavy atom. The van der Waals surface area contributed by atoms with Crippen molar-refractivity contribution in [2.45, 2.75) is 34.6 Å². The number of hydrogen-bond donors (Lipinski definition) is 0. The summed E-state index contributed by atoms with van der Waals surface area (Å²) in [6, 6.07) is 2.10. The first kappa shape index (κ1) is 13.5. The van der Waals surface area contributed by atoms with Crippen molar-refractivity contribution in [2.24, 2.45) is 0 Å². The summed E-state index contributed by atoms with van der Waals surface area (Å²) in [4.78, 5) is 12.0. The topological polar surface area (TPSA) is 26.3 Å². The molecule has 0 saturated carbocycles. The molecule has 0 aliphatic rings. The summed E-state index contributed by atoms with van der Waals surface area (Å²) < 4.78 is 5.21. The van der Waals surface area contributed by atoms with Crippen molar-refractivity contribution in [3.8, 4) is 0 Å². The Morgan fingerprint density at radius 3 is 2.18 bits per heavy atom. The number of carbonyl (C=O) groups excluding carboxylic acids is 1. The molecular formula is C15H20O2. The van der Waals surface area contributed by atoms with Gasteiger partial charge in [0.25, 0.3) is 0 Å². The fraction of sp³-hybridized carbons (Fsp3) is 0.400. The molecule has 0 N–H and O–H groups in total. The first-order valence-corrected chi connectivity index (χ1v) is 5.84. The third kappa shape index (κ3) is 2.96. The van der Waals surface area contributed by atoms with Crippen molar-refractivity contribution < 1.29 is 9.53 Å². The summed E-state index contributed by atoms with van der Waals surface area (Å²) in [5, 5.41) is 0. The highest BCUT2D eigenvalue weighted by Crippen LogP contribution is 2.22. The van der Waals surface area contributed by atoms with Gasteiger partial charge in [-0.1, -0.05) is 18.2 Å². The van der Waals surface area contributed by atoms with Crippen molar-refractivity contribution in [1.82, 2.24) is 0 Å². The first-order valence-electron chi connectivity index (χ1n) is 5.84. The lowest BCUT2D eigenvalue weighted by atomic mass is 9.94. The highest BCUT2D eigenvalue weighted by molar-refractivity contribution is 5.93. The SMILES string of the molecule is C/C=C/COC(=O)c1c(C)c(C)cc(C)c1C. The fourth-order valence-electron chi connectivity index (χ4n) is 1.82. The summed E-state index contributed by atoms with van der Waals surface area (Å²) >= 11 is 0. The van der Waals surface area contributed by atoms with E-state index in [-0.39, 0.29) is 5.97 Å². The Balaban J connectivity index is 3.08. The molecule has 0 aromatic heterocycles. The average Bonchev–Trinajstić information content (AvgIpc) is 2.27. The van der Waals surface area contributed by atoms with Crippen LogP contribution in [-0.4, -0.2) is 12.6 Å². The van der Waals surface area contributed by atoms with Crippen molar-refractivity contribution in [3.05, 3.63) is 46.0 Å². The molecule has 2 nitrogen and oxygen atoms in total. The van der Waals surface area contributed by atoms with Crippen molar-refractivity contribution in [2.75, 3.05) is 6.61 Å². The molecule has 1 aromatic rings. The van der Waals surface area contributed by atoms with Gasteiger partial charge in [-0.3, -0.25) is 0 Å². The van der Waals surface area contributed by atoms with Crippen LogP contribution in [0.3, 0.4) is 0 Å². The van der Waals surface area contributed by atoms with Crippen LogP contribution >= 0.6 is 0 Å². The maximum absolute atomic E-state index is 12.0. The molecule has 0 amide bonds.